The van der Waals surface area contributed by atoms with E-state index in [4.69, 9.17) is 16.9 Å². The summed E-state index contributed by atoms with van der Waals surface area (Å²) in [6.45, 7) is 0. The molecule has 0 unspecified atom stereocenters. The van der Waals surface area contributed by atoms with Crippen molar-refractivity contribution in [3.63, 3.8) is 0 Å². The van der Waals surface area contributed by atoms with Gasteiger partial charge in [-0.2, -0.15) is 5.26 Å². The number of nitrogens with zero attached hydrogens (tertiary/aromatic N) is 2. The van der Waals surface area contributed by atoms with Crippen molar-refractivity contribution in [2.24, 2.45) is 0 Å². The van der Waals surface area contributed by atoms with Gasteiger partial charge in [0.1, 0.15) is 5.82 Å². The van der Waals surface area contributed by atoms with Crippen LogP contribution in [-0.4, -0.2) is 10.9 Å². The number of amides is 1. The van der Waals surface area contributed by atoms with E-state index in [1.807, 2.05) is 6.07 Å². The number of nitriles is 1. The van der Waals surface area contributed by atoms with Crippen LogP contribution in [0, 0.1) is 11.3 Å². The highest BCUT2D eigenvalue weighted by molar-refractivity contribution is 6.30. The first-order valence-corrected chi connectivity index (χ1v) is 7.82. The molecule has 1 amide bonds. The molecule has 0 atom stereocenters. The first kappa shape index (κ1) is 16.5. The van der Waals surface area contributed by atoms with Crippen LogP contribution < -0.4 is 10.6 Å². The highest BCUT2D eigenvalue weighted by Gasteiger charge is 2.06. The summed E-state index contributed by atoms with van der Waals surface area (Å²) in [5.41, 5.74) is 2.43. The molecule has 0 saturated heterocycles. The average molecular weight is 349 g/mol. The number of aromatic nitrogens is 1. The fourth-order valence-corrected chi connectivity index (χ4v) is 2.29. The summed E-state index contributed by atoms with van der Waals surface area (Å²) in [6.07, 6.45) is 1.56. The second-order valence-electron chi connectivity index (χ2n) is 5.21. The van der Waals surface area contributed by atoms with Crippen LogP contribution in [0.3, 0.4) is 0 Å². The number of hydrogen-bond acceptors (Lipinski definition) is 4. The van der Waals surface area contributed by atoms with Gasteiger partial charge >= 0.3 is 0 Å². The number of carbonyl (C=O) groups excluding carboxylic acids is 1. The Balaban J connectivity index is 1.66. The minimum Gasteiger partial charge on any atom is -0.340 e. The lowest BCUT2D eigenvalue weighted by Crippen LogP contribution is -2.11. The van der Waals surface area contributed by atoms with E-state index in [0.717, 1.165) is 5.69 Å². The van der Waals surface area contributed by atoms with E-state index >= 15 is 0 Å². The highest BCUT2D eigenvalue weighted by atomic mass is 35.5. The Labute approximate surface area is 149 Å². The van der Waals surface area contributed by atoms with E-state index in [1.165, 1.54) is 0 Å². The normalized spacial score (nSPS) is 9.92. The van der Waals surface area contributed by atoms with Gasteiger partial charge in [0.25, 0.3) is 5.91 Å². The molecule has 0 radical (unpaired) electrons. The molecule has 6 heteroatoms. The van der Waals surface area contributed by atoms with Crippen molar-refractivity contribution in [1.29, 1.82) is 5.26 Å². The van der Waals surface area contributed by atoms with Gasteiger partial charge < -0.3 is 10.6 Å². The molecule has 25 heavy (non-hydrogen) atoms. The molecule has 0 aliphatic carbocycles. The van der Waals surface area contributed by atoms with Crippen LogP contribution in [-0.2, 0) is 0 Å². The SMILES string of the molecule is N#Cc1cccc(Nc2ccc(NC(=O)c3ccc(Cl)cc3)cn2)c1. The number of pyridine rings is 1. The smallest absolute Gasteiger partial charge is 0.255 e. The zero-order valence-corrected chi connectivity index (χ0v) is 13.8. The Hall–Kier alpha value is -3.36. The number of nitrogens with one attached hydrogen (secondary N) is 2. The summed E-state index contributed by atoms with van der Waals surface area (Å²) < 4.78 is 0. The summed E-state index contributed by atoms with van der Waals surface area (Å²) in [7, 11) is 0. The number of anilines is 3. The predicted molar refractivity (Wildman–Crippen MR) is 98.1 cm³/mol. The van der Waals surface area contributed by atoms with Crippen LogP contribution in [0.25, 0.3) is 0 Å². The average Bonchev–Trinajstić information content (AvgIpc) is 2.64. The molecule has 122 valence electrons. The van der Waals surface area contributed by atoms with E-state index in [9.17, 15) is 4.79 Å². The van der Waals surface area contributed by atoms with Crippen molar-refractivity contribution in [3.8, 4) is 6.07 Å². The number of carbonyl (C=O) groups is 1. The molecule has 1 heterocycles. The van der Waals surface area contributed by atoms with Gasteiger partial charge in [-0.25, -0.2) is 4.98 Å². The molecule has 0 aliphatic rings. The van der Waals surface area contributed by atoms with E-state index in [-0.39, 0.29) is 5.91 Å². The maximum Gasteiger partial charge on any atom is 0.255 e. The van der Waals surface area contributed by atoms with Crippen molar-refractivity contribution in [1.82, 2.24) is 4.98 Å². The standard InChI is InChI=1S/C19H13ClN4O/c20-15-6-4-14(5-7-15)19(25)24-17-8-9-18(22-12-17)23-16-3-1-2-13(10-16)11-21/h1-10,12H,(H,22,23)(H,24,25). The third kappa shape index (κ3) is 4.34. The molecule has 5 nitrogen and oxygen atoms in total. The molecule has 2 aromatic carbocycles. The first-order chi connectivity index (χ1) is 12.1. The van der Waals surface area contributed by atoms with Gasteiger partial charge in [-0.15, -0.1) is 0 Å². The predicted octanol–water partition coefficient (Wildman–Crippen LogP) is 4.60. The maximum atomic E-state index is 12.1. The minimum atomic E-state index is -0.235. The summed E-state index contributed by atoms with van der Waals surface area (Å²) in [5.74, 6) is 0.375. The van der Waals surface area contributed by atoms with Crippen LogP contribution in [0.15, 0.2) is 66.9 Å². The third-order valence-electron chi connectivity index (χ3n) is 3.39. The van der Waals surface area contributed by atoms with E-state index in [2.05, 4.69) is 21.7 Å². The molecular formula is C19H13ClN4O. The van der Waals surface area contributed by atoms with Gasteiger partial charge in [0.2, 0.25) is 0 Å². The van der Waals surface area contributed by atoms with Gasteiger partial charge in [0, 0.05) is 16.3 Å². The Morgan fingerprint density at radius 3 is 2.52 bits per heavy atom. The lowest BCUT2D eigenvalue weighted by Gasteiger charge is -2.08. The monoisotopic (exact) mass is 348 g/mol. The maximum absolute atomic E-state index is 12.1. The van der Waals surface area contributed by atoms with E-state index < -0.39 is 0 Å². The Morgan fingerprint density at radius 1 is 1.04 bits per heavy atom. The van der Waals surface area contributed by atoms with Crippen LogP contribution >= 0.6 is 11.6 Å². The summed E-state index contributed by atoms with van der Waals surface area (Å²) in [4.78, 5) is 16.4. The quantitative estimate of drug-likeness (QED) is 0.722. The van der Waals surface area contributed by atoms with Gasteiger partial charge in [-0.3, -0.25) is 4.79 Å². The molecule has 2 N–H and O–H groups in total. The fourth-order valence-electron chi connectivity index (χ4n) is 2.16. The number of hydrogen-bond donors (Lipinski definition) is 2. The van der Waals surface area contributed by atoms with Crippen molar-refractivity contribution in [2.75, 3.05) is 10.6 Å². The van der Waals surface area contributed by atoms with Crippen LogP contribution in [0.4, 0.5) is 17.2 Å². The van der Waals surface area contributed by atoms with Crippen LogP contribution in [0.5, 0.6) is 0 Å². The number of halogens is 1. The number of benzene rings is 2. The molecule has 0 fully saturated rings. The minimum absolute atomic E-state index is 0.235. The Kier molecular flexibility index (Phi) is 4.93. The second-order valence-corrected chi connectivity index (χ2v) is 5.65. The molecule has 0 bridgehead atoms. The van der Waals surface area contributed by atoms with Crippen LogP contribution in [0.1, 0.15) is 15.9 Å². The lowest BCUT2D eigenvalue weighted by molar-refractivity contribution is 0.102. The molecule has 0 spiro atoms. The summed E-state index contributed by atoms with van der Waals surface area (Å²) >= 11 is 5.81. The molecular weight excluding hydrogens is 336 g/mol. The summed E-state index contributed by atoms with van der Waals surface area (Å²) in [5, 5.41) is 15.4. The molecule has 0 aliphatic heterocycles. The van der Waals surface area contributed by atoms with Gasteiger partial charge in [-0.05, 0) is 54.6 Å². The van der Waals surface area contributed by atoms with Crippen molar-refractivity contribution in [3.05, 3.63) is 83.0 Å². The lowest BCUT2D eigenvalue weighted by atomic mass is 10.2. The zero-order valence-electron chi connectivity index (χ0n) is 13.0. The highest BCUT2D eigenvalue weighted by Crippen LogP contribution is 2.18. The van der Waals surface area contributed by atoms with Crippen molar-refractivity contribution < 1.29 is 4.79 Å². The van der Waals surface area contributed by atoms with Crippen LogP contribution in [0.2, 0.25) is 5.02 Å². The van der Waals surface area contributed by atoms with Gasteiger partial charge in [0.05, 0.1) is 23.5 Å². The third-order valence-corrected chi connectivity index (χ3v) is 3.64. The number of rotatable bonds is 4. The largest absolute Gasteiger partial charge is 0.340 e. The van der Waals surface area contributed by atoms with Crippen molar-refractivity contribution in [2.45, 2.75) is 0 Å². The van der Waals surface area contributed by atoms with E-state index in [1.54, 1.807) is 60.8 Å². The molecule has 3 rings (SSSR count). The molecule has 1 aromatic heterocycles. The Morgan fingerprint density at radius 2 is 1.84 bits per heavy atom. The van der Waals surface area contributed by atoms with E-state index in [0.29, 0.717) is 27.7 Å². The topological polar surface area (TPSA) is 77.8 Å². The molecule has 3 aromatic rings. The second kappa shape index (κ2) is 7.47. The van der Waals surface area contributed by atoms with Gasteiger partial charge in [0.15, 0.2) is 0 Å². The Bertz CT molecular complexity index is 931. The summed E-state index contributed by atoms with van der Waals surface area (Å²) in [6, 6.07) is 19.3. The van der Waals surface area contributed by atoms with Crippen molar-refractivity contribution >= 4 is 34.7 Å². The fraction of sp³-hybridized carbons (Fsp3) is 0. The van der Waals surface area contributed by atoms with Gasteiger partial charge in [-0.1, -0.05) is 17.7 Å². The zero-order chi connectivity index (χ0) is 17.6. The first-order valence-electron chi connectivity index (χ1n) is 7.44. The molecule has 0 saturated carbocycles.